The van der Waals surface area contributed by atoms with E-state index in [9.17, 15) is 0 Å². The summed E-state index contributed by atoms with van der Waals surface area (Å²) < 4.78 is 1.77. The van der Waals surface area contributed by atoms with Crippen LogP contribution < -0.4 is 0 Å². The van der Waals surface area contributed by atoms with Crippen molar-refractivity contribution in [3.8, 4) is 5.69 Å². The molecular weight excluding hydrogens is 292 g/mol. The molecule has 0 atom stereocenters. The lowest BCUT2D eigenvalue weighted by Crippen LogP contribution is -1.99. The number of hydrogen-bond donors (Lipinski definition) is 0. The minimum absolute atomic E-state index is 0.795. The number of tetrazole rings is 1. The summed E-state index contributed by atoms with van der Waals surface area (Å²) in [6.07, 6.45) is 4.23. The highest BCUT2D eigenvalue weighted by Crippen LogP contribution is 2.19. The van der Waals surface area contributed by atoms with Crippen molar-refractivity contribution in [1.82, 2.24) is 20.2 Å². The predicted molar refractivity (Wildman–Crippen MR) is 90.1 cm³/mol. The van der Waals surface area contributed by atoms with Gasteiger partial charge in [-0.25, -0.2) is 0 Å². The standard InChI is InChI=1S/C17H16N4S/c1-14-7-5-11-16(13-14)21-17(18-19-20-21)22-12-6-10-15-8-3-2-4-9-15/h2-11,13H,12H2,1H3/b10-6+. The number of benzene rings is 2. The zero-order valence-corrected chi connectivity index (χ0v) is 13.1. The van der Waals surface area contributed by atoms with E-state index in [1.54, 1.807) is 16.4 Å². The van der Waals surface area contributed by atoms with Gasteiger partial charge in [0.2, 0.25) is 5.16 Å². The van der Waals surface area contributed by atoms with Crippen LogP contribution in [0.25, 0.3) is 11.8 Å². The Morgan fingerprint density at radius 2 is 1.95 bits per heavy atom. The van der Waals surface area contributed by atoms with Gasteiger partial charge < -0.3 is 0 Å². The Kier molecular flexibility index (Phi) is 4.65. The van der Waals surface area contributed by atoms with Crippen LogP contribution in [0.1, 0.15) is 11.1 Å². The van der Waals surface area contributed by atoms with Crippen LogP contribution in [0.3, 0.4) is 0 Å². The van der Waals surface area contributed by atoms with Crippen LogP contribution in [-0.4, -0.2) is 26.0 Å². The third-order valence-electron chi connectivity index (χ3n) is 3.11. The largest absolute Gasteiger partial charge is 0.214 e. The molecule has 22 heavy (non-hydrogen) atoms. The normalized spacial score (nSPS) is 11.1. The molecule has 1 heterocycles. The van der Waals surface area contributed by atoms with Crippen LogP contribution in [0, 0.1) is 6.92 Å². The van der Waals surface area contributed by atoms with E-state index >= 15 is 0 Å². The van der Waals surface area contributed by atoms with E-state index in [4.69, 9.17) is 0 Å². The number of rotatable bonds is 5. The fourth-order valence-corrected chi connectivity index (χ4v) is 2.76. The van der Waals surface area contributed by atoms with E-state index in [2.05, 4.69) is 58.9 Å². The molecule has 0 fully saturated rings. The Morgan fingerprint density at radius 3 is 2.77 bits per heavy atom. The number of thioether (sulfide) groups is 1. The van der Waals surface area contributed by atoms with Crippen molar-refractivity contribution in [2.75, 3.05) is 5.75 Å². The molecule has 5 heteroatoms. The van der Waals surface area contributed by atoms with Gasteiger partial charge in [-0.1, -0.05) is 66.4 Å². The van der Waals surface area contributed by atoms with Gasteiger partial charge >= 0.3 is 0 Å². The summed E-state index contributed by atoms with van der Waals surface area (Å²) in [6.45, 7) is 2.06. The van der Waals surface area contributed by atoms with Gasteiger partial charge in [-0.3, -0.25) is 0 Å². The highest BCUT2D eigenvalue weighted by Gasteiger charge is 2.07. The fourth-order valence-electron chi connectivity index (χ4n) is 2.06. The Morgan fingerprint density at radius 1 is 1.09 bits per heavy atom. The lowest BCUT2D eigenvalue weighted by atomic mass is 10.2. The second-order valence-electron chi connectivity index (χ2n) is 4.84. The second-order valence-corrected chi connectivity index (χ2v) is 5.82. The third kappa shape index (κ3) is 3.62. The average molecular weight is 308 g/mol. The molecule has 0 spiro atoms. The number of hydrogen-bond acceptors (Lipinski definition) is 4. The molecule has 3 aromatic rings. The summed E-state index contributed by atoms with van der Waals surface area (Å²) in [4.78, 5) is 0. The Labute approximate surface area is 133 Å². The van der Waals surface area contributed by atoms with Crippen molar-refractivity contribution in [2.45, 2.75) is 12.1 Å². The number of aryl methyl sites for hydroxylation is 1. The molecular formula is C17H16N4S. The van der Waals surface area contributed by atoms with Gasteiger partial charge in [0.05, 0.1) is 5.69 Å². The maximum absolute atomic E-state index is 4.10. The molecule has 0 saturated carbocycles. The van der Waals surface area contributed by atoms with Crippen LogP contribution in [-0.2, 0) is 0 Å². The molecule has 4 nitrogen and oxygen atoms in total. The molecule has 0 radical (unpaired) electrons. The molecule has 0 aliphatic rings. The molecule has 0 aliphatic heterocycles. The van der Waals surface area contributed by atoms with Gasteiger partial charge in [-0.05, 0) is 40.6 Å². The van der Waals surface area contributed by atoms with Crippen LogP contribution in [0.5, 0.6) is 0 Å². The molecule has 2 aromatic carbocycles. The summed E-state index contributed by atoms with van der Waals surface area (Å²) in [5.41, 5.74) is 3.37. The fraction of sp³-hybridized carbons (Fsp3) is 0.118. The molecule has 0 bridgehead atoms. The van der Waals surface area contributed by atoms with Crippen molar-refractivity contribution in [2.24, 2.45) is 0 Å². The first-order chi connectivity index (χ1) is 10.8. The first kappa shape index (κ1) is 14.5. The number of aromatic nitrogens is 4. The van der Waals surface area contributed by atoms with E-state index in [0.29, 0.717) is 0 Å². The molecule has 1 aromatic heterocycles. The van der Waals surface area contributed by atoms with Crippen molar-refractivity contribution in [3.05, 3.63) is 71.8 Å². The van der Waals surface area contributed by atoms with Gasteiger partial charge in [0.1, 0.15) is 0 Å². The smallest absolute Gasteiger partial charge is 0.187 e. The van der Waals surface area contributed by atoms with E-state index in [1.807, 2.05) is 30.3 Å². The SMILES string of the molecule is Cc1cccc(-n2nnnc2SC/C=C/c2ccccc2)c1. The molecule has 0 N–H and O–H groups in total. The van der Waals surface area contributed by atoms with Crippen LogP contribution in [0.2, 0.25) is 0 Å². The Balaban J connectivity index is 1.67. The molecule has 0 saturated heterocycles. The minimum atomic E-state index is 0.795. The zero-order chi connectivity index (χ0) is 15.2. The average Bonchev–Trinajstić information content (AvgIpc) is 3.01. The van der Waals surface area contributed by atoms with E-state index in [0.717, 1.165) is 16.6 Å². The van der Waals surface area contributed by atoms with Crippen molar-refractivity contribution < 1.29 is 0 Å². The minimum Gasteiger partial charge on any atom is -0.187 e. The van der Waals surface area contributed by atoms with E-state index < -0.39 is 0 Å². The van der Waals surface area contributed by atoms with Crippen molar-refractivity contribution >= 4 is 17.8 Å². The maximum atomic E-state index is 4.10. The predicted octanol–water partition coefficient (Wildman–Crippen LogP) is 3.78. The summed E-state index contributed by atoms with van der Waals surface area (Å²) in [5.74, 6) is 0.821. The van der Waals surface area contributed by atoms with Gasteiger partial charge in [-0.15, -0.1) is 5.10 Å². The Bertz CT molecular complexity index is 765. The highest BCUT2D eigenvalue weighted by molar-refractivity contribution is 7.99. The van der Waals surface area contributed by atoms with E-state index in [1.165, 1.54) is 11.1 Å². The van der Waals surface area contributed by atoms with E-state index in [-0.39, 0.29) is 0 Å². The molecule has 110 valence electrons. The molecule has 3 rings (SSSR count). The molecule has 0 unspecified atom stereocenters. The van der Waals surface area contributed by atoms with Crippen LogP contribution in [0.4, 0.5) is 0 Å². The van der Waals surface area contributed by atoms with Gasteiger partial charge in [0.15, 0.2) is 0 Å². The highest BCUT2D eigenvalue weighted by atomic mass is 32.2. The summed E-state index contributed by atoms with van der Waals surface area (Å²) in [6, 6.07) is 18.4. The maximum Gasteiger partial charge on any atom is 0.214 e. The summed E-state index contributed by atoms with van der Waals surface area (Å²) in [5, 5.41) is 12.8. The first-order valence-electron chi connectivity index (χ1n) is 7.03. The quantitative estimate of drug-likeness (QED) is 0.673. The molecule has 0 amide bonds. The lowest BCUT2D eigenvalue weighted by molar-refractivity contribution is 0.756. The third-order valence-corrected chi connectivity index (χ3v) is 3.98. The molecule has 0 aliphatic carbocycles. The monoisotopic (exact) mass is 308 g/mol. The topological polar surface area (TPSA) is 43.6 Å². The second kappa shape index (κ2) is 7.04. The van der Waals surface area contributed by atoms with Gasteiger partial charge in [0.25, 0.3) is 0 Å². The first-order valence-corrected chi connectivity index (χ1v) is 8.01. The van der Waals surface area contributed by atoms with Crippen molar-refractivity contribution in [3.63, 3.8) is 0 Å². The summed E-state index contributed by atoms with van der Waals surface area (Å²) >= 11 is 1.61. The van der Waals surface area contributed by atoms with Crippen LogP contribution >= 0.6 is 11.8 Å². The van der Waals surface area contributed by atoms with Gasteiger partial charge in [-0.2, -0.15) is 4.68 Å². The Hall–Kier alpha value is -2.40. The zero-order valence-electron chi connectivity index (χ0n) is 12.3. The van der Waals surface area contributed by atoms with Crippen molar-refractivity contribution in [1.29, 1.82) is 0 Å². The number of nitrogens with zero attached hydrogens (tertiary/aromatic N) is 4. The van der Waals surface area contributed by atoms with Crippen LogP contribution in [0.15, 0.2) is 65.8 Å². The summed E-state index contributed by atoms with van der Waals surface area (Å²) in [7, 11) is 0. The van der Waals surface area contributed by atoms with Gasteiger partial charge in [0, 0.05) is 5.75 Å². The lowest BCUT2D eigenvalue weighted by Gasteiger charge is -2.03.